The Morgan fingerprint density at radius 3 is 2.30 bits per heavy atom. The fourth-order valence-electron chi connectivity index (χ4n) is 13.1. The average molecular weight is 745 g/mol. The van der Waals surface area contributed by atoms with Gasteiger partial charge in [0.1, 0.15) is 12.7 Å². The van der Waals surface area contributed by atoms with Crippen molar-refractivity contribution >= 4 is 11.9 Å². The van der Waals surface area contributed by atoms with Gasteiger partial charge in [-0.15, -0.1) is 0 Å². The molecule has 0 aromatic heterocycles. The maximum absolute atomic E-state index is 14.2. The van der Waals surface area contributed by atoms with Gasteiger partial charge in [0.25, 0.3) is 0 Å². The van der Waals surface area contributed by atoms with E-state index in [2.05, 4.69) is 45.0 Å². The van der Waals surface area contributed by atoms with Crippen LogP contribution in [0.5, 0.6) is 0 Å². The number of aliphatic hydroxyl groups excluding tert-OH is 1. The molecule has 1 aromatic carbocycles. The van der Waals surface area contributed by atoms with E-state index in [0.29, 0.717) is 37.5 Å². The van der Waals surface area contributed by atoms with E-state index in [1.165, 1.54) is 18.1 Å². The quantitative estimate of drug-likeness (QED) is 0.137. The number of hydrogen-bond acceptors (Lipinski definition) is 7. The lowest BCUT2D eigenvalue weighted by Gasteiger charge is -2.76. The molecule has 0 saturated heterocycles. The van der Waals surface area contributed by atoms with E-state index >= 15 is 0 Å². The Labute approximate surface area is 324 Å². The van der Waals surface area contributed by atoms with E-state index in [9.17, 15) is 24.9 Å². The lowest BCUT2D eigenvalue weighted by molar-refractivity contribution is -0.362. The number of cyclic esters (lactones) is 1. The number of carbonyl (C=O) groups is 2. The van der Waals surface area contributed by atoms with Crippen LogP contribution in [0.3, 0.4) is 0 Å². The zero-order chi connectivity index (χ0) is 38.2. The third-order valence-corrected chi connectivity index (χ3v) is 16.0. The van der Waals surface area contributed by atoms with Crippen molar-refractivity contribution in [3.05, 3.63) is 59.7 Å². The molecule has 9 unspecified atom stereocenters. The van der Waals surface area contributed by atoms with Crippen LogP contribution in [0.25, 0.3) is 0 Å². The monoisotopic (exact) mass is 744 g/mol. The van der Waals surface area contributed by atoms with Crippen molar-refractivity contribution in [1.29, 1.82) is 0 Å². The first-order valence-corrected chi connectivity index (χ1v) is 21.8. The summed E-state index contributed by atoms with van der Waals surface area (Å²) in [6.07, 6.45) is 21.0. The molecule has 7 heteroatoms. The number of carbonyl (C=O) groups excluding carboxylic acids is 2. The highest BCUT2D eigenvalue weighted by molar-refractivity contribution is 5.85. The van der Waals surface area contributed by atoms with Gasteiger partial charge < -0.3 is 24.8 Å². The summed E-state index contributed by atoms with van der Waals surface area (Å²) in [5, 5.41) is 40.5. The fraction of sp³-hybridized carbons (Fsp3) is 0.745. The van der Waals surface area contributed by atoms with E-state index in [4.69, 9.17) is 9.47 Å². The minimum atomic E-state index is -1.55. The van der Waals surface area contributed by atoms with Crippen molar-refractivity contribution in [1.82, 2.24) is 0 Å². The molecule has 1 heterocycles. The van der Waals surface area contributed by atoms with Gasteiger partial charge in [0.15, 0.2) is 0 Å². The zero-order valence-corrected chi connectivity index (χ0v) is 33.4. The molecule has 4 fully saturated rings. The van der Waals surface area contributed by atoms with Crippen molar-refractivity contribution in [2.24, 2.45) is 39.9 Å². The number of aryl methyl sites for hydroxylation is 1. The van der Waals surface area contributed by atoms with E-state index in [-0.39, 0.29) is 36.3 Å². The van der Waals surface area contributed by atoms with Crippen LogP contribution in [0.2, 0.25) is 0 Å². The Kier molecular flexibility index (Phi) is 11.6. The molecule has 7 nitrogen and oxygen atoms in total. The molecule has 9 atom stereocenters. The fourth-order valence-corrected chi connectivity index (χ4v) is 13.1. The Bertz CT molecular complexity index is 1540. The minimum Gasteiger partial charge on any atom is -0.462 e. The molecule has 0 radical (unpaired) electrons. The minimum absolute atomic E-state index is 0.129. The number of fused-ring (bicyclic) bond motifs is 1. The molecular formula is C47H68O7. The van der Waals surface area contributed by atoms with E-state index in [0.717, 1.165) is 95.5 Å². The van der Waals surface area contributed by atoms with Gasteiger partial charge in [0, 0.05) is 17.4 Å². The van der Waals surface area contributed by atoms with Gasteiger partial charge in [-0.3, -0.25) is 4.79 Å². The van der Waals surface area contributed by atoms with Crippen molar-refractivity contribution < 1.29 is 34.4 Å². The second-order valence-electron chi connectivity index (χ2n) is 19.2. The molecular weight excluding hydrogens is 677 g/mol. The van der Waals surface area contributed by atoms with Gasteiger partial charge in [-0.25, -0.2) is 4.79 Å². The average Bonchev–Trinajstić information content (AvgIpc) is 3.60. The molecule has 1 aliphatic heterocycles. The highest BCUT2D eigenvalue weighted by Crippen LogP contribution is 2.75. The predicted octanol–water partition coefficient (Wildman–Crippen LogP) is 8.97. The molecule has 6 aliphatic rings. The normalized spacial score (nSPS) is 39.0. The van der Waals surface area contributed by atoms with Crippen molar-refractivity contribution in [2.45, 2.75) is 173 Å². The maximum atomic E-state index is 14.2. The largest absolute Gasteiger partial charge is 0.462 e. The summed E-state index contributed by atoms with van der Waals surface area (Å²) in [4.78, 5) is 26.4. The zero-order valence-electron chi connectivity index (χ0n) is 33.4. The summed E-state index contributed by atoms with van der Waals surface area (Å²) in [6, 6.07) is 10.6. The first kappa shape index (κ1) is 39.7. The number of ether oxygens (including phenoxy) is 2. The van der Waals surface area contributed by atoms with Crippen molar-refractivity contribution in [3.8, 4) is 0 Å². The van der Waals surface area contributed by atoms with Crippen LogP contribution in [-0.2, 0) is 25.5 Å². The highest BCUT2D eigenvalue weighted by Gasteiger charge is 2.81. The van der Waals surface area contributed by atoms with Crippen LogP contribution < -0.4 is 0 Å². The summed E-state index contributed by atoms with van der Waals surface area (Å²) < 4.78 is 12.1. The second kappa shape index (κ2) is 15.8. The van der Waals surface area contributed by atoms with Crippen LogP contribution in [0, 0.1) is 39.9 Å². The van der Waals surface area contributed by atoms with E-state index in [1.807, 2.05) is 18.2 Å². The number of rotatable bonds is 13. The number of benzene rings is 1. The lowest BCUT2D eigenvalue weighted by Crippen LogP contribution is -2.83. The Morgan fingerprint density at radius 1 is 0.907 bits per heavy atom. The molecule has 1 spiro atoms. The topological polar surface area (TPSA) is 113 Å². The number of aliphatic hydroxyl groups is 3. The predicted molar refractivity (Wildman–Crippen MR) is 210 cm³/mol. The molecule has 7 rings (SSSR count). The maximum Gasteiger partial charge on any atom is 0.331 e. The summed E-state index contributed by atoms with van der Waals surface area (Å²) >= 11 is 0. The molecule has 298 valence electrons. The van der Waals surface area contributed by atoms with Crippen LogP contribution in [0.15, 0.2) is 54.1 Å². The highest BCUT2D eigenvalue weighted by atomic mass is 16.5. The SMILES string of the molecule is CC(CCCc1ccccc1)CCC1(O)C=CC2(C)CC(OC(=O)C3CCCCC3)C3C(C)(C4CCCCC4)CCC(O)C31C2(O)CCC1=CC(=O)OC1. The molecule has 0 amide bonds. The summed E-state index contributed by atoms with van der Waals surface area (Å²) in [5.74, 6) is -0.432. The number of hydrogen-bond donors (Lipinski definition) is 3. The van der Waals surface area contributed by atoms with Gasteiger partial charge >= 0.3 is 11.9 Å². The van der Waals surface area contributed by atoms with Crippen molar-refractivity contribution in [3.63, 3.8) is 0 Å². The van der Waals surface area contributed by atoms with Crippen LogP contribution in [0.1, 0.15) is 148 Å². The molecule has 3 N–H and O–H groups in total. The third kappa shape index (κ3) is 6.95. The first-order chi connectivity index (χ1) is 25.9. The molecule has 54 heavy (non-hydrogen) atoms. The summed E-state index contributed by atoms with van der Waals surface area (Å²) in [7, 11) is 0. The van der Waals surface area contributed by atoms with Gasteiger partial charge in [-0.1, -0.05) is 108 Å². The second-order valence-corrected chi connectivity index (χ2v) is 19.2. The van der Waals surface area contributed by atoms with E-state index < -0.39 is 40.2 Å². The van der Waals surface area contributed by atoms with Gasteiger partial charge in [-0.05, 0) is 112 Å². The molecule has 4 saturated carbocycles. The molecule has 2 bridgehead atoms. The van der Waals surface area contributed by atoms with Gasteiger partial charge in [0.2, 0.25) is 0 Å². The molecule has 1 aromatic rings. The summed E-state index contributed by atoms with van der Waals surface area (Å²) in [5.41, 5.74) is -3.63. The Balaban J connectivity index is 1.30. The Morgan fingerprint density at radius 2 is 1.61 bits per heavy atom. The van der Waals surface area contributed by atoms with Crippen LogP contribution in [-0.4, -0.2) is 57.3 Å². The van der Waals surface area contributed by atoms with Crippen molar-refractivity contribution in [2.75, 3.05) is 6.61 Å². The Hall–Kier alpha value is -2.48. The lowest BCUT2D eigenvalue weighted by atomic mass is 9.31. The van der Waals surface area contributed by atoms with E-state index in [1.54, 1.807) is 0 Å². The third-order valence-electron chi connectivity index (χ3n) is 16.0. The van der Waals surface area contributed by atoms with Crippen LogP contribution >= 0.6 is 0 Å². The smallest absolute Gasteiger partial charge is 0.331 e. The van der Waals surface area contributed by atoms with Gasteiger partial charge in [-0.2, -0.15) is 0 Å². The van der Waals surface area contributed by atoms with Gasteiger partial charge in [0.05, 0.1) is 28.6 Å². The molecule has 5 aliphatic carbocycles. The summed E-state index contributed by atoms with van der Waals surface area (Å²) in [6.45, 7) is 6.86. The number of esters is 2. The first-order valence-electron chi connectivity index (χ1n) is 21.8. The standard InChI is InChI=1S/C47H68O7/c1-33(14-13-17-34-15-7-4-8-16-34)22-26-45(51)29-28-43(2)31-38(54-42(50)36-18-9-5-10-19-36)41-44(3,37-20-11-6-12-21-37)25-24-39(48)47(41,45)46(43,52)27-23-35-30-40(49)53-32-35/h4,7-8,15-16,28-30,33,36-39,41,48,51-52H,5-6,9-14,17-27,31-32H2,1-3H3. The van der Waals surface area contributed by atoms with Crippen LogP contribution in [0.4, 0.5) is 0 Å².